The Labute approximate surface area is 226 Å². The zero-order valence-electron chi connectivity index (χ0n) is 22.7. The van der Waals surface area contributed by atoms with E-state index in [0.717, 1.165) is 0 Å². The summed E-state index contributed by atoms with van der Waals surface area (Å²) in [5.41, 5.74) is -6.24. The monoisotopic (exact) mass is 550 g/mol. The van der Waals surface area contributed by atoms with Crippen molar-refractivity contribution in [2.75, 3.05) is 6.61 Å². The van der Waals surface area contributed by atoms with Gasteiger partial charge >= 0.3 is 11.9 Å². The summed E-state index contributed by atoms with van der Waals surface area (Å²) >= 11 is 0. The van der Waals surface area contributed by atoms with Crippen molar-refractivity contribution in [3.63, 3.8) is 0 Å². The molecule has 1 saturated heterocycles. The Morgan fingerprint density at radius 3 is 2.28 bits per heavy atom. The molecule has 9 atom stereocenters. The molecule has 0 aromatic heterocycles. The average Bonchev–Trinajstić information content (AvgIpc) is 2.87. The first kappa shape index (κ1) is 27.9. The maximum Gasteiger partial charge on any atom is 0.338 e. The molecule has 1 aromatic carbocycles. The number of ether oxygens (including phenoxy) is 3. The van der Waals surface area contributed by atoms with Gasteiger partial charge in [0, 0.05) is 25.2 Å². The molecule has 4 aliphatic rings. The van der Waals surface area contributed by atoms with Crippen LogP contribution in [0.15, 0.2) is 41.5 Å². The van der Waals surface area contributed by atoms with Crippen LogP contribution in [0.3, 0.4) is 0 Å². The van der Waals surface area contributed by atoms with E-state index in [1.165, 1.54) is 26.0 Å². The second kappa shape index (κ2) is 8.94. The molecule has 0 radical (unpaired) electrons. The number of aliphatic hydroxyl groups excluding tert-OH is 3. The Morgan fingerprint density at radius 2 is 1.72 bits per heavy atom. The zero-order chi connectivity index (χ0) is 28.7. The molecule has 2 saturated carbocycles. The highest BCUT2D eigenvalue weighted by atomic mass is 16.6. The maximum absolute atomic E-state index is 14.3. The number of Topliss-reactive ketones (excluding diaryl/α,β-unsaturated/α-hetero) is 1. The molecule has 39 heavy (non-hydrogen) atoms. The number of esters is 2. The van der Waals surface area contributed by atoms with Gasteiger partial charge in [0.1, 0.15) is 23.9 Å². The van der Waals surface area contributed by atoms with Gasteiger partial charge in [-0.1, -0.05) is 32.0 Å². The number of rotatable bonds is 3. The van der Waals surface area contributed by atoms with E-state index in [4.69, 9.17) is 14.2 Å². The normalized spacial score (nSPS) is 42.7. The summed E-state index contributed by atoms with van der Waals surface area (Å²) in [6.07, 6.45) is -7.26. The molecule has 1 aliphatic heterocycles. The van der Waals surface area contributed by atoms with E-state index < -0.39 is 76.2 Å². The van der Waals surface area contributed by atoms with Crippen molar-refractivity contribution in [3.8, 4) is 0 Å². The van der Waals surface area contributed by atoms with Gasteiger partial charge < -0.3 is 34.6 Å². The van der Waals surface area contributed by atoms with Gasteiger partial charge in [-0.05, 0) is 37.1 Å². The lowest BCUT2D eigenvalue weighted by atomic mass is 9.44. The first-order valence-corrected chi connectivity index (χ1v) is 13.2. The first-order chi connectivity index (χ1) is 18.1. The third kappa shape index (κ3) is 3.62. The highest BCUT2D eigenvalue weighted by molar-refractivity contribution is 5.94. The highest BCUT2D eigenvalue weighted by Crippen LogP contribution is 2.63. The predicted octanol–water partition coefficient (Wildman–Crippen LogP) is 1.08. The van der Waals surface area contributed by atoms with Crippen molar-refractivity contribution in [3.05, 3.63) is 47.0 Å². The minimum absolute atomic E-state index is 0.0828. The van der Waals surface area contributed by atoms with Crippen molar-refractivity contribution >= 4 is 17.7 Å². The highest BCUT2D eigenvalue weighted by Gasteiger charge is 2.77. The van der Waals surface area contributed by atoms with Gasteiger partial charge in [-0.25, -0.2) is 4.79 Å². The van der Waals surface area contributed by atoms with Crippen LogP contribution in [0.25, 0.3) is 0 Å². The Balaban J connectivity index is 1.81. The summed E-state index contributed by atoms with van der Waals surface area (Å²) in [7, 11) is 0. The van der Waals surface area contributed by atoms with E-state index in [9.17, 15) is 34.8 Å². The summed E-state index contributed by atoms with van der Waals surface area (Å²) in [5, 5.41) is 46.7. The third-order valence-electron chi connectivity index (χ3n) is 9.95. The molecule has 5 rings (SSSR count). The number of aliphatic hydroxyl groups is 4. The summed E-state index contributed by atoms with van der Waals surface area (Å²) in [6.45, 7) is 7.29. The summed E-state index contributed by atoms with van der Waals surface area (Å²) in [4.78, 5) is 40.3. The number of hydrogen-bond donors (Lipinski definition) is 4. The second-order valence-electron chi connectivity index (χ2n) is 12.2. The summed E-state index contributed by atoms with van der Waals surface area (Å²) < 4.78 is 17.7. The molecule has 0 unspecified atom stereocenters. The van der Waals surface area contributed by atoms with Crippen LogP contribution < -0.4 is 0 Å². The zero-order valence-corrected chi connectivity index (χ0v) is 22.7. The lowest BCUT2D eigenvalue weighted by Gasteiger charge is -2.67. The van der Waals surface area contributed by atoms with Crippen LogP contribution in [-0.4, -0.2) is 86.5 Å². The fraction of sp³-hybridized carbons (Fsp3) is 0.621. The first-order valence-electron chi connectivity index (χ1n) is 13.2. The van der Waals surface area contributed by atoms with E-state index in [1.54, 1.807) is 39.0 Å². The minimum atomic E-state index is -2.07. The lowest BCUT2D eigenvalue weighted by Crippen LogP contribution is -2.81. The maximum atomic E-state index is 14.3. The summed E-state index contributed by atoms with van der Waals surface area (Å²) in [6, 6.07) is 8.08. The fourth-order valence-corrected chi connectivity index (χ4v) is 7.66. The van der Waals surface area contributed by atoms with Crippen LogP contribution in [0.5, 0.6) is 0 Å². The van der Waals surface area contributed by atoms with Crippen LogP contribution >= 0.6 is 0 Å². The number of fused-ring (bicyclic) bond motifs is 5. The Bertz CT molecular complexity index is 1240. The van der Waals surface area contributed by atoms with Crippen molar-refractivity contribution in [1.29, 1.82) is 0 Å². The molecule has 10 heteroatoms. The second-order valence-corrected chi connectivity index (χ2v) is 12.2. The van der Waals surface area contributed by atoms with E-state index in [0.29, 0.717) is 5.57 Å². The van der Waals surface area contributed by atoms with Crippen molar-refractivity contribution < 1.29 is 49.0 Å². The molecule has 212 valence electrons. The summed E-state index contributed by atoms with van der Waals surface area (Å²) in [5.74, 6) is -3.60. The predicted molar refractivity (Wildman–Crippen MR) is 135 cm³/mol. The minimum Gasteiger partial charge on any atom is -0.455 e. The smallest absolute Gasteiger partial charge is 0.338 e. The number of carbonyl (C=O) groups excluding carboxylic acids is 3. The van der Waals surface area contributed by atoms with Crippen molar-refractivity contribution in [2.24, 2.45) is 16.7 Å². The third-order valence-corrected chi connectivity index (χ3v) is 9.95. The van der Waals surface area contributed by atoms with Crippen LogP contribution in [-0.2, 0) is 23.8 Å². The molecule has 0 amide bonds. The topological polar surface area (TPSA) is 160 Å². The van der Waals surface area contributed by atoms with Crippen LogP contribution in [0.1, 0.15) is 57.8 Å². The van der Waals surface area contributed by atoms with Gasteiger partial charge in [0.25, 0.3) is 0 Å². The molecule has 1 heterocycles. The molecule has 0 spiro atoms. The van der Waals surface area contributed by atoms with Crippen LogP contribution in [0.4, 0.5) is 0 Å². The molecule has 1 aromatic rings. The molecule has 3 aliphatic carbocycles. The number of hydrogen-bond acceptors (Lipinski definition) is 10. The quantitative estimate of drug-likeness (QED) is 0.317. The Morgan fingerprint density at radius 1 is 1.08 bits per heavy atom. The van der Waals surface area contributed by atoms with E-state index in [1.807, 2.05) is 0 Å². The number of carbonyl (C=O) groups is 3. The Hall–Kier alpha value is -2.63. The van der Waals surface area contributed by atoms with Gasteiger partial charge in [0.15, 0.2) is 11.4 Å². The standard InChI is InChI=1S/C29H36O10/c1-14-17(31)12-29(36)24(38-25(35)16-9-7-6-8-10-16)22-27(5,23(34)21(33)20(14)26(29,3)4)18(32)11-19-28(22,13-37-19)39-15(2)30/h6-10,17-19,21-22,24,31-33,36H,11-13H2,1-5H3/t17-,18-,19+,21+,22-,24-,27+,28-,29+/m0/s1/i6+1,7+1,8+1,9+1,10+1,16+1. The van der Waals surface area contributed by atoms with Gasteiger partial charge in [0.05, 0.1) is 35.7 Å². The molecular formula is C29H36O10. The van der Waals surface area contributed by atoms with Gasteiger partial charge in [0.2, 0.25) is 0 Å². The van der Waals surface area contributed by atoms with Crippen molar-refractivity contribution in [2.45, 2.75) is 89.2 Å². The van der Waals surface area contributed by atoms with Gasteiger partial charge in [-0.15, -0.1) is 0 Å². The molecule has 3 fully saturated rings. The van der Waals surface area contributed by atoms with E-state index in [2.05, 4.69) is 0 Å². The van der Waals surface area contributed by atoms with Gasteiger partial charge in [-0.3, -0.25) is 9.59 Å². The van der Waals surface area contributed by atoms with E-state index >= 15 is 0 Å². The van der Waals surface area contributed by atoms with E-state index in [-0.39, 0.29) is 30.6 Å². The van der Waals surface area contributed by atoms with Crippen LogP contribution in [0.2, 0.25) is 0 Å². The molecule has 10 nitrogen and oxygen atoms in total. The fourth-order valence-electron chi connectivity index (χ4n) is 7.66. The average molecular weight is 551 g/mol. The number of ketones is 1. The number of benzene rings is 1. The Kier molecular flexibility index (Phi) is 6.40. The SMILES string of the molecule is CC(=O)O[C@@]12CO[C@@H]1C[C@H](O)[C@@]1(C)C(=O)[C@H](O)C3=C(C)[C@@H](O)C[C@@](O)([C@@H](OC(=O)[13c]4[13cH][13cH][13cH][13cH][13cH]4)[C@H]21)C3(C)C. The lowest BCUT2D eigenvalue weighted by molar-refractivity contribution is -0.345. The molecule has 4 N–H and O–H groups in total. The largest absolute Gasteiger partial charge is 0.455 e. The van der Waals surface area contributed by atoms with Gasteiger partial charge in [-0.2, -0.15) is 0 Å². The van der Waals surface area contributed by atoms with Crippen LogP contribution in [0, 0.1) is 16.7 Å². The molecule has 2 bridgehead atoms. The molecular weight excluding hydrogens is 514 g/mol. The van der Waals surface area contributed by atoms with Crippen molar-refractivity contribution in [1.82, 2.24) is 0 Å².